The van der Waals surface area contributed by atoms with E-state index in [2.05, 4.69) is 31.5 Å². The smallest absolute Gasteiger partial charge is 0.331 e. The van der Waals surface area contributed by atoms with Crippen LogP contribution in [-0.4, -0.2) is 24.4 Å². The maximum absolute atomic E-state index is 11.7. The van der Waals surface area contributed by atoms with E-state index in [1.54, 1.807) is 38.1 Å². The summed E-state index contributed by atoms with van der Waals surface area (Å²) in [6.45, 7) is 3.00. The van der Waals surface area contributed by atoms with Gasteiger partial charge >= 0.3 is 5.97 Å². The molecule has 112 valence electrons. The molecule has 0 fully saturated rings. The molecular formula is C14H15BrN2O4. The van der Waals surface area contributed by atoms with E-state index >= 15 is 0 Å². The molecule has 1 aromatic rings. The van der Waals surface area contributed by atoms with Crippen LogP contribution in [0.15, 0.2) is 40.4 Å². The minimum Gasteiger partial charge on any atom is -0.452 e. The normalized spacial score (nSPS) is 9.48. The highest BCUT2D eigenvalue weighted by Gasteiger charge is 2.08. The zero-order valence-electron chi connectivity index (χ0n) is 11.6. The molecule has 0 bridgehead atoms. The number of ether oxygens (including phenoxy) is 1. The molecule has 6 nitrogen and oxygen atoms in total. The Morgan fingerprint density at radius 3 is 2.33 bits per heavy atom. The van der Waals surface area contributed by atoms with Gasteiger partial charge in [0.25, 0.3) is 11.8 Å². The average molecular weight is 355 g/mol. The largest absolute Gasteiger partial charge is 0.452 e. The fourth-order valence-electron chi connectivity index (χ4n) is 1.25. The van der Waals surface area contributed by atoms with Crippen molar-refractivity contribution in [3.05, 3.63) is 46.0 Å². The SMILES string of the molecule is CC(C)=CC(=O)OCC(=O)NNC(=O)c1ccc(Br)cc1. The summed E-state index contributed by atoms with van der Waals surface area (Å²) < 4.78 is 5.53. The summed E-state index contributed by atoms with van der Waals surface area (Å²) in [5, 5.41) is 0. The first kappa shape index (κ1) is 16.9. The Labute approximate surface area is 130 Å². The monoisotopic (exact) mass is 354 g/mol. The lowest BCUT2D eigenvalue weighted by molar-refractivity contribution is -0.144. The number of carbonyl (C=O) groups excluding carboxylic acids is 3. The Kier molecular flexibility index (Phi) is 6.61. The second-order valence-corrected chi connectivity index (χ2v) is 5.25. The maximum atomic E-state index is 11.7. The first-order valence-corrected chi connectivity index (χ1v) is 6.84. The summed E-state index contributed by atoms with van der Waals surface area (Å²) in [6.07, 6.45) is 1.27. The molecule has 0 unspecified atom stereocenters. The lowest BCUT2D eigenvalue weighted by Crippen LogP contribution is -2.43. The molecule has 0 saturated heterocycles. The number of carbonyl (C=O) groups is 3. The molecule has 0 atom stereocenters. The Morgan fingerprint density at radius 1 is 1.14 bits per heavy atom. The van der Waals surface area contributed by atoms with Crippen LogP contribution in [0.4, 0.5) is 0 Å². The van der Waals surface area contributed by atoms with Gasteiger partial charge in [-0.3, -0.25) is 20.4 Å². The zero-order chi connectivity index (χ0) is 15.8. The Bertz CT molecular complexity index is 563. The number of hydrogen-bond acceptors (Lipinski definition) is 4. The number of benzene rings is 1. The fourth-order valence-corrected chi connectivity index (χ4v) is 1.51. The summed E-state index contributed by atoms with van der Waals surface area (Å²) in [6, 6.07) is 6.61. The predicted molar refractivity (Wildman–Crippen MR) is 80.1 cm³/mol. The van der Waals surface area contributed by atoms with Crippen LogP contribution >= 0.6 is 15.9 Å². The van der Waals surface area contributed by atoms with Crippen LogP contribution in [0.25, 0.3) is 0 Å². The summed E-state index contributed by atoms with van der Waals surface area (Å²) in [5.74, 6) is -1.70. The maximum Gasteiger partial charge on any atom is 0.331 e. The van der Waals surface area contributed by atoms with Crippen molar-refractivity contribution in [1.29, 1.82) is 0 Å². The van der Waals surface area contributed by atoms with Gasteiger partial charge in [-0.2, -0.15) is 0 Å². The van der Waals surface area contributed by atoms with Crippen LogP contribution in [0.2, 0.25) is 0 Å². The van der Waals surface area contributed by atoms with E-state index in [0.29, 0.717) is 5.56 Å². The third kappa shape index (κ3) is 6.71. The summed E-state index contributed by atoms with van der Waals surface area (Å²) in [5.41, 5.74) is 5.53. The Hall–Kier alpha value is -2.15. The van der Waals surface area contributed by atoms with Gasteiger partial charge in [-0.05, 0) is 38.1 Å². The molecule has 0 aromatic heterocycles. The first-order valence-electron chi connectivity index (χ1n) is 6.05. The molecule has 0 spiro atoms. The number of allylic oxidation sites excluding steroid dienone is 1. The molecular weight excluding hydrogens is 340 g/mol. The van der Waals surface area contributed by atoms with E-state index in [1.165, 1.54) is 6.08 Å². The van der Waals surface area contributed by atoms with Crippen LogP contribution in [0.3, 0.4) is 0 Å². The highest BCUT2D eigenvalue weighted by molar-refractivity contribution is 9.10. The number of rotatable bonds is 4. The third-order valence-corrected chi connectivity index (χ3v) is 2.70. The number of hydrogen-bond donors (Lipinski definition) is 2. The van der Waals surface area contributed by atoms with Crippen molar-refractivity contribution in [3.8, 4) is 0 Å². The van der Waals surface area contributed by atoms with Gasteiger partial charge in [-0.1, -0.05) is 21.5 Å². The van der Waals surface area contributed by atoms with E-state index in [4.69, 9.17) is 0 Å². The van der Waals surface area contributed by atoms with Crippen molar-refractivity contribution in [2.75, 3.05) is 6.61 Å². The summed E-state index contributed by atoms with van der Waals surface area (Å²) in [4.78, 5) is 34.3. The van der Waals surface area contributed by atoms with Crippen molar-refractivity contribution in [2.45, 2.75) is 13.8 Å². The molecule has 0 saturated carbocycles. The van der Waals surface area contributed by atoms with Crippen molar-refractivity contribution >= 4 is 33.7 Å². The van der Waals surface area contributed by atoms with Gasteiger partial charge in [0.1, 0.15) is 0 Å². The van der Waals surface area contributed by atoms with E-state index in [9.17, 15) is 14.4 Å². The van der Waals surface area contributed by atoms with Crippen molar-refractivity contribution in [3.63, 3.8) is 0 Å². The van der Waals surface area contributed by atoms with Crippen LogP contribution in [-0.2, 0) is 14.3 Å². The predicted octanol–water partition coefficient (Wildman–Crippen LogP) is 1.72. The summed E-state index contributed by atoms with van der Waals surface area (Å²) >= 11 is 3.25. The molecule has 1 aromatic carbocycles. The molecule has 2 N–H and O–H groups in total. The van der Waals surface area contributed by atoms with E-state index in [1.807, 2.05) is 0 Å². The van der Waals surface area contributed by atoms with Crippen LogP contribution in [0, 0.1) is 0 Å². The van der Waals surface area contributed by atoms with Gasteiger partial charge in [-0.15, -0.1) is 0 Å². The van der Waals surface area contributed by atoms with Crippen LogP contribution < -0.4 is 10.9 Å². The second kappa shape index (κ2) is 8.21. The van der Waals surface area contributed by atoms with Crippen molar-refractivity contribution in [1.82, 2.24) is 10.9 Å². The number of amides is 2. The van der Waals surface area contributed by atoms with E-state index in [-0.39, 0.29) is 0 Å². The van der Waals surface area contributed by atoms with Crippen molar-refractivity contribution in [2.24, 2.45) is 0 Å². The Balaban J connectivity index is 2.36. The molecule has 0 heterocycles. The molecule has 2 amide bonds. The molecule has 21 heavy (non-hydrogen) atoms. The highest BCUT2D eigenvalue weighted by atomic mass is 79.9. The molecule has 0 aliphatic rings. The standard InChI is InChI=1S/C14H15BrN2O4/c1-9(2)7-13(19)21-8-12(18)16-17-14(20)10-3-5-11(15)6-4-10/h3-7H,8H2,1-2H3,(H,16,18)(H,17,20). The number of nitrogens with one attached hydrogen (secondary N) is 2. The Morgan fingerprint density at radius 2 is 1.76 bits per heavy atom. The minimum absolute atomic E-state index is 0.389. The summed E-state index contributed by atoms with van der Waals surface area (Å²) in [7, 11) is 0. The number of hydrazine groups is 1. The van der Waals surface area contributed by atoms with Crippen LogP contribution in [0.5, 0.6) is 0 Å². The lowest BCUT2D eigenvalue weighted by Gasteiger charge is -2.07. The lowest BCUT2D eigenvalue weighted by atomic mass is 10.2. The molecule has 1 rings (SSSR count). The van der Waals surface area contributed by atoms with Gasteiger partial charge in [-0.25, -0.2) is 4.79 Å². The van der Waals surface area contributed by atoms with E-state index in [0.717, 1.165) is 10.0 Å². The molecule has 0 aliphatic carbocycles. The van der Waals surface area contributed by atoms with Gasteiger partial charge in [0.15, 0.2) is 6.61 Å². The quantitative estimate of drug-likeness (QED) is 0.489. The third-order valence-electron chi connectivity index (χ3n) is 2.17. The van der Waals surface area contributed by atoms with Gasteiger partial charge < -0.3 is 4.74 Å². The van der Waals surface area contributed by atoms with Gasteiger partial charge in [0.05, 0.1) is 0 Å². The van der Waals surface area contributed by atoms with Gasteiger partial charge in [0.2, 0.25) is 0 Å². The van der Waals surface area contributed by atoms with Crippen LogP contribution in [0.1, 0.15) is 24.2 Å². The number of esters is 1. The molecule has 0 aliphatic heterocycles. The molecule has 0 radical (unpaired) electrons. The average Bonchev–Trinajstić information content (AvgIpc) is 2.42. The number of halogens is 1. The topological polar surface area (TPSA) is 84.5 Å². The first-order chi connectivity index (χ1) is 9.88. The van der Waals surface area contributed by atoms with Crippen molar-refractivity contribution < 1.29 is 19.1 Å². The zero-order valence-corrected chi connectivity index (χ0v) is 13.2. The van der Waals surface area contributed by atoms with Gasteiger partial charge in [0, 0.05) is 16.1 Å². The minimum atomic E-state index is -0.629. The fraction of sp³-hybridized carbons (Fsp3) is 0.214. The second-order valence-electron chi connectivity index (χ2n) is 4.34. The molecule has 7 heteroatoms. The van der Waals surface area contributed by atoms with E-state index < -0.39 is 24.4 Å². The highest BCUT2D eigenvalue weighted by Crippen LogP contribution is 2.09.